The Balaban J connectivity index is 1.37. The Bertz CT molecular complexity index is 816. The number of hydrogen-bond acceptors (Lipinski definition) is 3. The third-order valence-corrected chi connectivity index (χ3v) is 7.58. The number of aliphatic hydroxyl groups is 1. The summed E-state index contributed by atoms with van der Waals surface area (Å²) < 4.78 is 6.07. The number of ether oxygens (including phenoxy) is 1. The van der Waals surface area contributed by atoms with Gasteiger partial charge in [-0.05, 0) is 69.4 Å². The van der Waals surface area contributed by atoms with Crippen molar-refractivity contribution in [3.63, 3.8) is 0 Å². The summed E-state index contributed by atoms with van der Waals surface area (Å²) in [6, 6.07) is 16.9. The maximum absolute atomic E-state index is 11.3. The zero-order valence-electron chi connectivity index (χ0n) is 18.2. The summed E-state index contributed by atoms with van der Waals surface area (Å²) in [6.07, 6.45) is 5.27. The maximum Gasteiger partial charge on any atom is 0.119 e. The van der Waals surface area contributed by atoms with Crippen LogP contribution in [0.3, 0.4) is 0 Å². The van der Waals surface area contributed by atoms with Gasteiger partial charge in [0.15, 0.2) is 0 Å². The van der Waals surface area contributed by atoms with E-state index in [1.54, 1.807) is 0 Å². The first-order chi connectivity index (χ1) is 14.5. The molecule has 0 bridgehead atoms. The van der Waals surface area contributed by atoms with E-state index in [0.717, 1.165) is 49.7 Å². The quantitative estimate of drug-likeness (QED) is 0.623. The van der Waals surface area contributed by atoms with Gasteiger partial charge < -0.3 is 9.84 Å². The second-order valence-corrected chi connectivity index (χ2v) is 9.84. The monoisotopic (exact) mass is 427 g/mol. The lowest BCUT2D eigenvalue weighted by atomic mass is 9.61. The number of likely N-dealkylation sites (tertiary alicyclic amines) is 1. The highest BCUT2D eigenvalue weighted by molar-refractivity contribution is 6.30. The molecule has 0 amide bonds. The normalized spacial score (nSPS) is 24.8. The fourth-order valence-corrected chi connectivity index (χ4v) is 5.18. The molecule has 2 aliphatic rings. The van der Waals surface area contributed by atoms with Crippen LogP contribution in [-0.2, 0) is 5.41 Å². The molecule has 1 saturated heterocycles. The van der Waals surface area contributed by atoms with Crippen molar-refractivity contribution < 1.29 is 9.84 Å². The number of rotatable bonds is 7. The fraction of sp³-hybridized carbons (Fsp3) is 0.538. The first-order valence-corrected chi connectivity index (χ1v) is 11.7. The number of aryl methyl sites for hydroxylation is 1. The largest absolute Gasteiger partial charge is 0.493 e. The van der Waals surface area contributed by atoms with Gasteiger partial charge >= 0.3 is 0 Å². The van der Waals surface area contributed by atoms with Crippen LogP contribution in [0.5, 0.6) is 5.75 Å². The van der Waals surface area contributed by atoms with Gasteiger partial charge in [0.2, 0.25) is 0 Å². The van der Waals surface area contributed by atoms with Crippen LogP contribution in [0.25, 0.3) is 0 Å². The van der Waals surface area contributed by atoms with Crippen LogP contribution < -0.4 is 4.74 Å². The van der Waals surface area contributed by atoms with E-state index in [-0.39, 0.29) is 11.5 Å². The first kappa shape index (κ1) is 21.7. The summed E-state index contributed by atoms with van der Waals surface area (Å²) in [5.74, 6) is 1.45. The van der Waals surface area contributed by atoms with Gasteiger partial charge in [-0.25, -0.2) is 0 Å². The van der Waals surface area contributed by atoms with E-state index in [2.05, 4.69) is 55.1 Å². The van der Waals surface area contributed by atoms with Gasteiger partial charge in [-0.2, -0.15) is 0 Å². The van der Waals surface area contributed by atoms with Crippen molar-refractivity contribution in [3.05, 3.63) is 64.7 Å². The van der Waals surface area contributed by atoms with Crippen LogP contribution in [0.15, 0.2) is 48.5 Å². The van der Waals surface area contributed by atoms with Crippen molar-refractivity contribution in [3.8, 4) is 5.75 Å². The minimum atomic E-state index is -0.355. The molecule has 1 N–H and O–H groups in total. The first-order valence-electron chi connectivity index (χ1n) is 11.3. The predicted octanol–water partition coefficient (Wildman–Crippen LogP) is 5.61. The van der Waals surface area contributed by atoms with E-state index in [9.17, 15) is 5.11 Å². The number of β-amino-alcohol motifs (C(OH)–C–C–N with tert-alkyl or cyclic N) is 1. The zero-order chi connectivity index (χ0) is 21.1. The molecule has 162 valence electrons. The molecule has 2 aromatic rings. The van der Waals surface area contributed by atoms with Crippen LogP contribution in [0.2, 0.25) is 5.02 Å². The summed E-state index contributed by atoms with van der Waals surface area (Å²) in [7, 11) is 0. The van der Waals surface area contributed by atoms with Gasteiger partial charge in [0.05, 0.1) is 12.7 Å². The van der Waals surface area contributed by atoms with E-state index in [4.69, 9.17) is 16.3 Å². The van der Waals surface area contributed by atoms with Gasteiger partial charge in [0.25, 0.3) is 0 Å². The summed E-state index contributed by atoms with van der Waals surface area (Å²) >= 11 is 6.09. The van der Waals surface area contributed by atoms with Gasteiger partial charge in [0.1, 0.15) is 5.75 Å². The highest BCUT2D eigenvalue weighted by Gasteiger charge is 2.46. The number of aliphatic hydroxyl groups excluding tert-OH is 1. The molecule has 3 nitrogen and oxygen atoms in total. The lowest BCUT2D eigenvalue weighted by molar-refractivity contribution is -0.0214. The topological polar surface area (TPSA) is 32.7 Å². The Labute approximate surface area is 186 Å². The van der Waals surface area contributed by atoms with Gasteiger partial charge in [-0.15, -0.1) is 0 Å². The molecule has 0 radical (unpaired) electrons. The lowest BCUT2D eigenvalue weighted by Crippen LogP contribution is -2.54. The molecule has 1 heterocycles. The van der Waals surface area contributed by atoms with Gasteiger partial charge in [-0.3, -0.25) is 4.90 Å². The van der Waals surface area contributed by atoms with Crippen LogP contribution in [0.4, 0.5) is 0 Å². The molecular formula is C26H34ClNO2. The molecule has 30 heavy (non-hydrogen) atoms. The Hall–Kier alpha value is -1.55. The molecule has 1 aliphatic carbocycles. The third kappa shape index (κ3) is 4.69. The van der Waals surface area contributed by atoms with Crippen molar-refractivity contribution in [2.75, 3.05) is 19.7 Å². The SMILES string of the molecule is Cc1ccc(OC[C@H]2CC[C@@H](C)N(C[C@H](O)C3(c4ccc(Cl)cc4)CCC3)C2)cc1. The average molecular weight is 428 g/mol. The average Bonchev–Trinajstić information content (AvgIpc) is 2.70. The fourth-order valence-electron chi connectivity index (χ4n) is 5.05. The smallest absolute Gasteiger partial charge is 0.119 e. The van der Waals surface area contributed by atoms with Crippen molar-refractivity contribution in [1.82, 2.24) is 4.90 Å². The lowest BCUT2D eigenvalue weighted by Gasteiger charge is -2.49. The van der Waals surface area contributed by atoms with Gasteiger partial charge in [0, 0.05) is 35.5 Å². The molecule has 2 aromatic carbocycles. The maximum atomic E-state index is 11.3. The van der Waals surface area contributed by atoms with E-state index in [0.29, 0.717) is 12.0 Å². The van der Waals surface area contributed by atoms with E-state index in [1.807, 2.05) is 12.1 Å². The zero-order valence-corrected chi connectivity index (χ0v) is 18.9. The van der Waals surface area contributed by atoms with E-state index < -0.39 is 0 Å². The molecule has 0 aromatic heterocycles. The second kappa shape index (κ2) is 9.30. The number of nitrogens with zero attached hydrogens (tertiary/aromatic N) is 1. The van der Waals surface area contributed by atoms with Crippen molar-refractivity contribution in [1.29, 1.82) is 0 Å². The predicted molar refractivity (Wildman–Crippen MR) is 123 cm³/mol. The van der Waals surface area contributed by atoms with Crippen LogP contribution in [0.1, 0.15) is 50.2 Å². The molecule has 2 fully saturated rings. The summed E-state index contributed by atoms with van der Waals surface area (Å²) in [4.78, 5) is 2.48. The Kier molecular flexibility index (Phi) is 6.72. The number of benzene rings is 2. The molecule has 1 aliphatic heterocycles. The second-order valence-electron chi connectivity index (χ2n) is 9.40. The summed E-state index contributed by atoms with van der Waals surface area (Å²) in [5, 5.41) is 12.1. The highest BCUT2D eigenvalue weighted by atomic mass is 35.5. The Morgan fingerprint density at radius 1 is 1.10 bits per heavy atom. The summed E-state index contributed by atoms with van der Waals surface area (Å²) in [6.45, 7) is 6.84. The van der Waals surface area contributed by atoms with Crippen molar-refractivity contribution in [2.24, 2.45) is 5.92 Å². The summed E-state index contributed by atoms with van der Waals surface area (Å²) in [5.41, 5.74) is 2.37. The molecule has 4 rings (SSSR count). The minimum absolute atomic E-state index is 0.115. The highest BCUT2D eigenvalue weighted by Crippen LogP contribution is 2.47. The van der Waals surface area contributed by atoms with Crippen molar-refractivity contribution in [2.45, 2.75) is 63.5 Å². The molecule has 0 spiro atoms. The third-order valence-electron chi connectivity index (χ3n) is 7.33. The van der Waals surface area contributed by atoms with E-state index in [1.165, 1.54) is 24.0 Å². The van der Waals surface area contributed by atoms with Crippen LogP contribution in [0, 0.1) is 12.8 Å². The Morgan fingerprint density at radius 3 is 2.43 bits per heavy atom. The van der Waals surface area contributed by atoms with Crippen LogP contribution >= 0.6 is 11.6 Å². The number of piperidine rings is 1. The molecule has 0 unspecified atom stereocenters. The standard InChI is InChI=1S/C26H34ClNO2/c1-19-4-12-24(13-5-19)30-18-21-7-6-20(2)28(16-21)17-25(29)26(14-3-15-26)22-8-10-23(27)11-9-22/h4-5,8-13,20-21,25,29H,3,6-7,14-18H2,1-2H3/t20-,21+,25+/m1/s1. The molecular weight excluding hydrogens is 394 g/mol. The number of halogens is 1. The Morgan fingerprint density at radius 2 is 1.80 bits per heavy atom. The number of hydrogen-bond donors (Lipinski definition) is 1. The molecule has 4 heteroatoms. The molecule has 3 atom stereocenters. The van der Waals surface area contributed by atoms with Gasteiger partial charge in [-0.1, -0.05) is 47.9 Å². The minimum Gasteiger partial charge on any atom is -0.493 e. The van der Waals surface area contributed by atoms with Crippen molar-refractivity contribution >= 4 is 11.6 Å². The van der Waals surface area contributed by atoms with Crippen LogP contribution in [-0.4, -0.2) is 41.8 Å². The van der Waals surface area contributed by atoms with E-state index >= 15 is 0 Å². The molecule has 1 saturated carbocycles.